The first-order valence-electron chi connectivity index (χ1n) is 7.07. The summed E-state index contributed by atoms with van der Waals surface area (Å²) in [6, 6.07) is 12.8. The van der Waals surface area contributed by atoms with Gasteiger partial charge in [0.25, 0.3) is 5.91 Å². The standard InChI is InChI=1S/C18H17BrN2O2/c1-12-11-14(18(23)20-2)7-9-16(12)21-17(22)10-8-13-5-3-4-6-15(13)19/h3-11H,1-2H3,(H,20,23)(H,21,22). The van der Waals surface area contributed by atoms with Gasteiger partial charge in [0.2, 0.25) is 5.91 Å². The first kappa shape index (κ1) is 17.0. The summed E-state index contributed by atoms with van der Waals surface area (Å²) in [7, 11) is 1.58. The number of aryl methyl sites for hydroxylation is 1. The third-order valence-corrected chi connectivity index (χ3v) is 4.02. The van der Waals surface area contributed by atoms with Crippen LogP contribution in [0.1, 0.15) is 21.5 Å². The Morgan fingerprint density at radius 2 is 1.87 bits per heavy atom. The highest BCUT2D eigenvalue weighted by atomic mass is 79.9. The van der Waals surface area contributed by atoms with E-state index in [4.69, 9.17) is 0 Å². The molecule has 0 saturated carbocycles. The van der Waals surface area contributed by atoms with Crippen molar-refractivity contribution in [2.24, 2.45) is 0 Å². The fourth-order valence-electron chi connectivity index (χ4n) is 2.04. The second kappa shape index (κ2) is 7.74. The van der Waals surface area contributed by atoms with Crippen molar-refractivity contribution in [2.45, 2.75) is 6.92 Å². The van der Waals surface area contributed by atoms with Gasteiger partial charge >= 0.3 is 0 Å². The molecular formula is C18H17BrN2O2. The van der Waals surface area contributed by atoms with Gasteiger partial charge in [0.05, 0.1) is 0 Å². The van der Waals surface area contributed by atoms with Crippen molar-refractivity contribution >= 4 is 39.5 Å². The molecule has 0 aliphatic heterocycles. The average Bonchev–Trinajstić information content (AvgIpc) is 2.55. The van der Waals surface area contributed by atoms with E-state index >= 15 is 0 Å². The molecule has 5 heteroatoms. The van der Waals surface area contributed by atoms with Crippen molar-refractivity contribution in [2.75, 3.05) is 12.4 Å². The van der Waals surface area contributed by atoms with Gasteiger partial charge in [-0.25, -0.2) is 0 Å². The van der Waals surface area contributed by atoms with Gasteiger partial charge in [0.15, 0.2) is 0 Å². The molecule has 0 fully saturated rings. The molecule has 4 nitrogen and oxygen atoms in total. The van der Waals surface area contributed by atoms with Crippen LogP contribution in [0.15, 0.2) is 53.0 Å². The molecule has 0 spiro atoms. The van der Waals surface area contributed by atoms with E-state index in [0.29, 0.717) is 11.3 Å². The monoisotopic (exact) mass is 372 g/mol. The molecule has 23 heavy (non-hydrogen) atoms. The van der Waals surface area contributed by atoms with Gasteiger partial charge in [-0.1, -0.05) is 34.1 Å². The first-order chi connectivity index (χ1) is 11.0. The summed E-state index contributed by atoms with van der Waals surface area (Å²) in [6.45, 7) is 1.85. The minimum Gasteiger partial charge on any atom is -0.355 e. The van der Waals surface area contributed by atoms with E-state index in [1.165, 1.54) is 6.08 Å². The normalized spacial score (nSPS) is 10.6. The Balaban J connectivity index is 2.09. The van der Waals surface area contributed by atoms with E-state index < -0.39 is 0 Å². The molecule has 2 aromatic carbocycles. The number of carbonyl (C=O) groups is 2. The zero-order valence-electron chi connectivity index (χ0n) is 12.9. The summed E-state index contributed by atoms with van der Waals surface area (Å²) >= 11 is 3.43. The van der Waals surface area contributed by atoms with E-state index in [-0.39, 0.29) is 11.8 Å². The Morgan fingerprint density at radius 3 is 2.52 bits per heavy atom. The van der Waals surface area contributed by atoms with Crippen molar-refractivity contribution in [3.63, 3.8) is 0 Å². The van der Waals surface area contributed by atoms with Crippen LogP contribution in [0.3, 0.4) is 0 Å². The third-order valence-electron chi connectivity index (χ3n) is 3.29. The number of carbonyl (C=O) groups excluding carboxylic acids is 2. The smallest absolute Gasteiger partial charge is 0.251 e. The molecule has 0 atom stereocenters. The predicted molar refractivity (Wildman–Crippen MR) is 96.4 cm³/mol. The Hall–Kier alpha value is -2.40. The Kier molecular flexibility index (Phi) is 5.71. The molecule has 0 radical (unpaired) electrons. The lowest BCUT2D eigenvalue weighted by molar-refractivity contribution is -0.111. The summed E-state index contributed by atoms with van der Waals surface area (Å²) in [5, 5.41) is 5.38. The summed E-state index contributed by atoms with van der Waals surface area (Å²) in [5.41, 5.74) is 2.99. The molecular weight excluding hydrogens is 356 g/mol. The first-order valence-corrected chi connectivity index (χ1v) is 7.87. The number of benzene rings is 2. The number of halogens is 1. The topological polar surface area (TPSA) is 58.2 Å². The highest BCUT2D eigenvalue weighted by Crippen LogP contribution is 2.18. The minimum atomic E-state index is -0.225. The fourth-order valence-corrected chi connectivity index (χ4v) is 2.46. The maximum Gasteiger partial charge on any atom is 0.251 e. The number of rotatable bonds is 4. The molecule has 118 valence electrons. The van der Waals surface area contributed by atoms with Gasteiger partial charge in [-0.3, -0.25) is 9.59 Å². The van der Waals surface area contributed by atoms with Crippen molar-refractivity contribution in [3.8, 4) is 0 Å². The lowest BCUT2D eigenvalue weighted by Crippen LogP contribution is -2.18. The van der Waals surface area contributed by atoms with Gasteiger partial charge in [-0.15, -0.1) is 0 Å². The molecule has 0 aromatic heterocycles. The number of hydrogen-bond acceptors (Lipinski definition) is 2. The van der Waals surface area contributed by atoms with Gasteiger partial charge in [0, 0.05) is 28.8 Å². The predicted octanol–water partition coefficient (Wildman–Crippen LogP) is 3.77. The molecule has 0 bridgehead atoms. The Bertz CT molecular complexity index is 769. The van der Waals surface area contributed by atoms with E-state index in [2.05, 4.69) is 26.6 Å². The van der Waals surface area contributed by atoms with E-state index in [9.17, 15) is 9.59 Å². The van der Waals surface area contributed by atoms with Crippen molar-refractivity contribution in [3.05, 3.63) is 69.7 Å². The van der Waals surface area contributed by atoms with Crippen LogP contribution < -0.4 is 10.6 Å². The second-order valence-corrected chi connectivity index (χ2v) is 5.81. The van der Waals surface area contributed by atoms with E-state index in [0.717, 1.165) is 15.6 Å². The fraction of sp³-hybridized carbons (Fsp3) is 0.111. The largest absolute Gasteiger partial charge is 0.355 e. The molecule has 0 heterocycles. The molecule has 0 unspecified atom stereocenters. The second-order valence-electron chi connectivity index (χ2n) is 4.95. The zero-order chi connectivity index (χ0) is 16.8. The summed E-state index contributed by atoms with van der Waals surface area (Å²) in [4.78, 5) is 23.6. The van der Waals surface area contributed by atoms with Crippen LogP contribution in [-0.2, 0) is 4.79 Å². The van der Waals surface area contributed by atoms with E-state index in [1.54, 1.807) is 31.3 Å². The van der Waals surface area contributed by atoms with Gasteiger partial charge in [-0.2, -0.15) is 0 Å². The van der Waals surface area contributed by atoms with Gasteiger partial charge in [-0.05, 0) is 48.4 Å². The quantitative estimate of drug-likeness (QED) is 0.802. The molecule has 2 amide bonds. The van der Waals surface area contributed by atoms with Crippen LogP contribution in [-0.4, -0.2) is 18.9 Å². The van der Waals surface area contributed by atoms with Crippen LogP contribution in [0.25, 0.3) is 6.08 Å². The van der Waals surface area contributed by atoms with Crippen LogP contribution >= 0.6 is 15.9 Å². The van der Waals surface area contributed by atoms with Crippen LogP contribution in [0, 0.1) is 6.92 Å². The number of nitrogens with one attached hydrogen (secondary N) is 2. The van der Waals surface area contributed by atoms with Gasteiger partial charge < -0.3 is 10.6 Å². The van der Waals surface area contributed by atoms with Gasteiger partial charge in [0.1, 0.15) is 0 Å². The number of amides is 2. The van der Waals surface area contributed by atoms with Crippen molar-refractivity contribution in [1.82, 2.24) is 5.32 Å². The highest BCUT2D eigenvalue weighted by molar-refractivity contribution is 9.10. The maximum absolute atomic E-state index is 12.0. The maximum atomic E-state index is 12.0. The molecule has 0 aliphatic carbocycles. The molecule has 2 N–H and O–H groups in total. The van der Waals surface area contributed by atoms with Crippen molar-refractivity contribution in [1.29, 1.82) is 0 Å². The minimum absolute atomic E-state index is 0.153. The molecule has 0 aliphatic rings. The average molecular weight is 373 g/mol. The van der Waals surface area contributed by atoms with Crippen LogP contribution in [0.5, 0.6) is 0 Å². The third kappa shape index (κ3) is 4.53. The van der Waals surface area contributed by atoms with Crippen LogP contribution in [0.2, 0.25) is 0 Å². The molecule has 2 rings (SSSR count). The summed E-state index contributed by atoms with van der Waals surface area (Å²) < 4.78 is 0.926. The molecule has 2 aromatic rings. The lowest BCUT2D eigenvalue weighted by Gasteiger charge is -2.08. The Morgan fingerprint density at radius 1 is 1.13 bits per heavy atom. The molecule has 0 saturated heterocycles. The summed E-state index contributed by atoms with van der Waals surface area (Å²) in [6.07, 6.45) is 3.22. The zero-order valence-corrected chi connectivity index (χ0v) is 14.5. The SMILES string of the molecule is CNC(=O)c1ccc(NC(=O)C=Cc2ccccc2Br)c(C)c1. The van der Waals surface area contributed by atoms with E-state index in [1.807, 2.05) is 31.2 Å². The van der Waals surface area contributed by atoms with Crippen molar-refractivity contribution < 1.29 is 9.59 Å². The Labute approximate surface area is 143 Å². The van der Waals surface area contributed by atoms with Crippen LogP contribution in [0.4, 0.5) is 5.69 Å². The number of anilines is 1. The highest BCUT2D eigenvalue weighted by Gasteiger charge is 2.07. The lowest BCUT2D eigenvalue weighted by atomic mass is 10.1. The summed E-state index contributed by atoms with van der Waals surface area (Å²) in [5.74, 6) is -0.378. The number of hydrogen-bond donors (Lipinski definition) is 2.